The molecule has 0 saturated carbocycles. The van der Waals surface area contributed by atoms with Crippen LogP contribution in [0.25, 0.3) is 0 Å². The number of nitrogens with zero attached hydrogens (tertiary/aromatic N) is 1. The van der Waals surface area contributed by atoms with E-state index in [1.54, 1.807) is 0 Å². The summed E-state index contributed by atoms with van der Waals surface area (Å²) in [6.07, 6.45) is -3.79. The first-order valence-electron chi connectivity index (χ1n) is 11.1. The highest BCUT2D eigenvalue weighted by atomic mass is 31.2. The van der Waals surface area contributed by atoms with E-state index in [-0.39, 0.29) is 6.61 Å². The number of rotatable bonds is 13. The second kappa shape index (κ2) is 13.2. The van der Waals surface area contributed by atoms with E-state index in [1.807, 2.05) is 0 Å². The highest BCUT2D eigenvalue weighted by molar-refractivity contribution is 7.53. The van der Waals surface area contributed by atoms with E-state index in [9.17, 15) is 44.0 Å². The van der Waals surface area contributed by atoms with Gasteiger partial charge in [0.15, 0.2) is 0 Å². The number of aliphatic hydroxyl groups excluding tert-OH is 3. The van der Waals surface area contributed by atoms with Crippen molar-refractivity contribution in [3.05, 3.63) is 33.1 Å². The van der Waals surface area contributed by atoms with Gasteiger partial charge in [-0.05, 0) is 19.3 Å². The molecule has 1 amide bonds. The zero-order valence-corrected chi connectivity index (χ0v) is 20.1. The Kier molecular flexibility index (Phi) is 11.0. The molecule has 1 aromatic heterocycles. The predicted octanol–water partition coefficient (Wildman–Crippen LogP) is -2.15. The van der Waals surface area contributed by atoms with Gasteiger partial charge in [-0.2, -0.15) is 0 Å². The number of hydrogen-bond acceptors (Lipinski definition) is 10. The van der Waals surface area contributed by atoms with Crippen LogP contribution >= 0.6 is 7.60 Å². The minimum atomic E-state index is -4.28. The standard InChI is InChI=1S/C20H32N3O11P/c1-12(25)21-17-14(34-15(10-24)18(28)19(17)29)9-13(26)11-35(31,32)33-8-4-2-3-6-23-7-5-16(27)22-20(23)30/h5,7,14-15,17-19,24,28-29H,2-4,6,8-11H2,1H3,(H,21,25)(H,31,32)(H,22,27,30)/t14-,15-,17+,18-,19-/m1/s1. The quantitative estimate of drug-likeness (QED) is 0.121. The van der Waals surface area contributed by atoms with Gasteiger partial charge in [0.05, 0.1) is 25.4 Å². The number of hydrogen-bond donors (Lipinski definition) is 6. The number of carbonyl (C=O) groups is 2. The molecule has 0 aliphatic carbocycles. The zero-order valence-electron chi connectivity index (χ0n) is 19.2. The Hall–Kier alpha value is -2.19. The number of unbranched alkanes of at least 4 members (excludes halogenated alkanes) is 2. The third kappa shape index (κ3) is 9.08. The fourth-order valence-corrected chi connectivity index (χ4v) is 4.81. The second-order valence-electron chi connectivity index (χ2n) is 8.34. The van der Waals surface area contributed by atoms with Crippen LogP contribution in [0.5, 0.6) is 0 Å². The molecule has 0 aromatic carbocycles. The number of aryl methyl sites for hydroxylation is 1. The summed E-state index contributed by atoms with van der Waals surface area (Å²) in [5.41, 5.74) is -1.02. The molecule has 1 aliphatic rings. The number of aromatic nitrogens is 2. The summed E-state index contributed by atoms with van der Waals surface area (Å²) in [7, 11) is -4.28. The lowest BCUT2D eigenvalue weighted by Crippen LogP contribution is -2.64. The first-order chi connectivity index (χ1) is 16.4. The summed E-state index contributed by atoms with van der Waals surface area (Å²) >= 11 is 0. The number of aromatic amines is 1. The molecule has 2 heterocycles. The molecule has 0 spiro atoms. The van der Waals surface area contributed by atoms with Crippen LogP contribution in [-0.4, -0.2) is 91.3 Å². The Bertz CT molecular complexity index is 1030. The number of H-pyrrole nitrogens is 1. The van der Waals surface area contributed by atoms with Gasteiger partial charge in [0.25, 0.3) is 5.56 Å². The van der Waals surface area contributed by atoms with Crippen molar-refractivity contribution in [2.45, 2.75) is 69.6 Å². The minimum Gasteiger partial charge on any atom is -0.394 e. The highest BCUT2D eigenvalue weighted by Crippen LogP contribution is 2.42. The van der Waals surface area contributed by atoms with Gasteiger partial charge >= 0.3 is 13.3 Å². The van der Waals surface area contributed by atoms with Crippen LogP contribution in [-0.2, 0) is 30.0 Å². The Morgan fingerprint density at radius 2 is 1.91 bits per heavy atom. The molecule has 1 saturated heterocycles. The van der Waals surface area contributed by atoms with Crippen LogP contribution < -0.4 is 16.6 Å². The summed E-state index contributed by atoms with van der Waals surface area (Å²) in [6.45, 7) is 0.767. The van der Waals surface area contributed by atoms with Crippen molar-refractivity contribution in [2.75, 3.05) is 19.4 Å². The molecule has 14 nitrogen and oxygen atoms in total. The molecule has 0 bridgehead atoms. The fourth-order valence-electron chi connectivity index (χ4n) is 3.73. The molecule has 15 heteroatoms. The SMILES string of the molecule is CC(=O)N[C@@H]1[C@@H](O)[C@H](O)[C@@H](CO)O[C@@H]1CC(=O)CP(=O)(O)OCCCCCn1ccc(=O)[nH]c1=O. The van der Waals surface area contributed by atoms with Gasteiger partial charge in [0.1, 0.15) is 30.3 Å². The summed E-state index contributed by atoms with van der Waals surface area (Å²) in [6, 6.07) is 0.0655. The number of nitrogens with one attached hydrogen (secondary N) is 2. The molecule has 6 N–H and O–H groups in total. The normalized spacial score (nSPS) is 26.1. The van der Waals surface area contributed by atoms with Crippen LogP contribution in [0.4, 0.5) is 0 Å². The predicted molar refractivity (Wildman–Crippen MR) is 121 cm³/mol. The molecular weight excluding hydrogens is 489 g/mol. The first-order valence-corrected chi connectivity index (χ1v) is 12.9. The van der Waals surface area contributed by atoms with E-state index >= 15 is 0 Å². The minimum absolute atomic E-state index is 0.104. The maximum Gasteiger partial charge on any atom is 0.335 e. The topological polar surface area (TPSA) is 217 Å². The Morgan fingerprint density at radius 3 is 2.54 bits per heavy atom. The summed E-state index contributed by atoms with van der Waals surface area (Å²) < 4.78 is 24.0. The molecule has 1 fully saturated rings. The average molecular weight is 521 g/mol. The number of ether oxygens (including phenoxy) is 1. The fraction of sp³-hybridized carbons (Fsp3) is 0.700. The summed E-state index contributed by atoms with van der Waals surface area (Å²) in [4.78, 5) is 58.6. The smallest absolute Gasteiger partial charge is 0.335 e. The van der Waals surface area contributed by atoms with Crippen LogP contribution in [0, 0.1) is 0 Å². The molecule has 198 valence electrons. The van der Waals surface area contributed by atoms with Crippen LogP contribution in [0.15, 0.2) is 21.9 Å². The van der Waals surface area contributed by atoms with Crippen molar-refractivity contribution < 1.29 is 43.6 Å². The van der Waals surface area contributed by atoms with Gasteiger partial charge in [-0.15, -0.1) is 0 Å². The van der Waals surface area contributed by atoms with Crippen molar-refractivity contribution in [2.24, 2.45) is 0 Å². The number of aliphatic hydroxyl groups is 3. The highest BCUT2D eigenvalue weighted by Gasteiger charge is 2.45. The average Bonchev–Trinajstić information content (AvgIpc) is 2.76. The van der Waals surface area contributed by atoms with Crippen LogP contribution in [0.1, 0.15) is 32.6 Å². The maximum atomic E-state index is 12.4. The van der Waals surface area contributed by atoms with Crippen molar-refractivity contribution in [3.63, 3.8) is 0 Å². The van der Waals surface area contributed by atoms with Crippen LogP contribution in [0.3, 0.4) is 0 Å². The molecule has 35 heavy (non-hydrogen) atoms. The first kappa shape index (κ1) is 29.0. The van der Waals surface area contributed by atoms with Crippen molar-refractivity contribution in [1.29, 1.82) is 0 Å². The van der Waals surface area contributed by atoms with Crippen molar-refractivity contribution >= 4 is 19.3 Å². The lowest BCUT2D eigenvalue weighted by Gasteiger charge is -2.42. The van der Waals surface area contributed by atoms with Crippen molar-refractivity contribution in [3.8, 4) is 0 Å². The third-order valence-corrected chi connectivity index (χ3v) is 6.78. The molecular formula is C20H32N3O11P. The molecule has 0 radical (unpaired) electrons. The van der Waals surface area contributed by atoms with Gasteiger partial charge in [0.2, 0.25) is 5.91 Å². The van der Waals surface area contributed by atoms with E-state index in [0.717, 1.165) is 0 Å². The molecule has 6 atom stereocenters. The van der Waals surface area contributed by atoms with E-state index in [2.05, 4.69) is 10.3 Å². The molecule has 1 aromatic rings. The molecule has 2 rings (SSSR count). The summed E-state index contributed by atoms with van der Waals surface area (Å²) in [5.74, 6) is -1.28. The number of carbonyl (C=O) groups excluding carboxylic acids is 2. The lowest BCUT2D eigenvalue weighted by atomic mass is 9.90. The Labute approximate surface area is 200 Å². The number of ketones is 1. The second-order valence-corrected chi connectivity index (χ2v) is 10.2. The van der Waals surface area contributed by atoms with E-state index in [1.165, 1.54) is 23.8 Å². The van der Waals surface area contributed by atoms with Gasteiger partial charge in [-0.25, -0.2) is 4.79 Å². The molecule has 1 aliphatic heterocycles. The van der Waals surface area contributed by atoms with Gasteiger partial charge in [-0.3, -0.25) is 23.9 Å². The Balaban J connectivity index is 1.80. The van der Waals surface area contributed by atoms with E-state index in [0.29, 0.717) is 25.8 Å². The molecule has 1 unspecified atom stereocenters. The van der Waals surface area contributed by atoms with Crippen molar-refractivity contribution in [1.82, 2.24) is 14.9 Å². The third-order valence-electron chi connectivity index (χ3n) is 5.44. The summed E-state index contributed by atoms with van der Waals surface area (Å²) in [5, 5.41) is 32.0. The zero-order chi connectivity index (χ0) is 26.2. The lowest BCUT2D eigenvalue weighted by molar-refractivity contribution is -0.196. The van der Waals surface area contributed by atoms with Gasteiger partial charge in [-0.1, -0.05) is 0 Å². The largest absolute Gasteiger partial charge is 0.394 e. The number of amides is 1. The van der Waals surface area contributed by atoms with E-state index in [4.69, 9.17) is 9.26 Å². The van der Waals surface area contributed by atoms with Crippen LogP contribution in [0.2, 0.25) is 0 Å². The monoisotopic (exact) mass is 521 g/mol. The Morgan fingerprint density at radius 1 is 1.20 bits per heavy atom. The maximum absolute atomic E-state index is 12.4. The van der Waals surface area contributed by atoms with Gasteiger partial charge < -0.3 is 39.4 Å². The van der Waals surface area contributed by atoms with Gasteiger partial charge in [0, 0.05) is 32.2 Å². The van der Waals surface area contributed by atoms with E-state index < -0.39 is 80.2 Å². The number of Topliss-reactive ketones (excluding diaryl/α,β-unsaturated/α-hetero) is 1.